The Hall–Kier alpha value is -1.86. The van der Waals surface area contributed by atoms with Gasteiger partial charge in [0.15, 0.2) is 0 Å². The zero-order valence-electron chi connectivity index (χ0n) is 13.4. The average molecular weight is 297 g/mol. The van der Waals surface area contributed by atoms with Crippen LogP contribution >= 0.6 is 0 Å². The van der Waals surface area contributed by atoms with Crippen LogP contribution in [-0.2, 0) is 11.2 Å². The molecule has 1 aromatic rings. The minimum atomic E-state index is 0.207. The molecular weight excluding hydrogens is 274 g/mol. The quantitative estimate of drug-likeness (QED) is 0.858. The van der Waals surface area contributed by atoms with Gasteiger partial charge in [0.2, 0.25) is 5.91 Å². The topological polar surface area (TPSA) is 47.3 Å². The van der Waals surface area contributed by atoms with Crippen molar-refractivity contribution in [3.63, 3.8) is 0 Å². The van der Waals surface area contributed by atoms with Gasteiger partial charge in [0.1, 0.15) is 0 Å². The van der Waals surface area contributed by atoms with Gasteiger partial charge in [-0.25, -0.2) is 0 Å². The normalized spacial score (nSPS) is 20.2. The molecule has 0 bridgehead atoms. The Morgan fingerprint density at radius 2 is 1.95 bits per heavy atom. The monoisotopic (exact) mass is 297 g/mol. The van der Waals surface area contributed by atoms with Crippen LogP contribution in [0.1, 0.15) is 31.4 Å². The fraction of sp³-hybridized carbons (Fsp3) is 0.556. The highest BCUT2D eigenvalue weighted by Crippen LogP contribution is 2.40. The molecule has 2 saturated heterocycles. The predicted octanol–water partition coefficient (Wildman–Crippen LogP) is 2.04. The first-order valence-electron chi connectivity index (χ1n) is 8.02. The van der Waals surface area contributed by atoms with Crippen LogP contribution in [0.25, 0.3) is 0 Å². The van der Waals surface area contributed by atoms with E-state index in [4.69, 9.17) is 5.26 Å². The molecule has 3 rings (SSSR count). The van der Waals surface area contributed by atoms with Gasteiger partial charge in [-0.1, -0.05) is 12.1 Å². The minimum Gasteiger partial charge on any atom is -0.341 e. The van der Waals surface area contributed by atoms with E-state index in [1.165, 1.54) is 6.42 Å². The van der Waals surface area contributed by atoms with Crippen molar-refractivity contribution in [2.75, 3.05) is 26.2 Å². The van der Waals surface area contributed by atoms with E-state index >= 15 is 0 Å². The van der Waals surface area contributed by atoms with Crippen LogP contribution in [0.3, 0.4) is 0 Å². The highest BCUT2D eigenvalue weighted by atomic mass is 16.2. The fourth-order valence-corrected chi connectivity index (χ4v) is 3.59. The summed E-state index contributed by atoms with van der Waals surface area (Å²) in [5, 5.41) is 8.79. The Balaban J connectivity index is 1.52. The van der Waals surface area contributed by atoms with Gasteiger partial charge in [0.25, 0.3) is 0 Å². The fourth-order valence-electron chi connectivity index (χ4n) is 3.59. The van der Waals surface area contributed by atoms with Crippen LogP contribution in [0.15, 0.2) is 24.3 Å². The lowest BCUT2D eigenvalue weighted by molar-refractivity contribution is -0.142. The van der Waals surface area contributed by atoms with E-state index in [-0.39, 0.29) is 5.91 Å². The molecule has 0 unspecified atom stereocenters. The minimum absolute atomic E-state index is 0.207. The van der Waals surface area contributed by atoms with Gasteiger partial charge in [0.05, 0.1) is 18.1 Å². The second kappa shape index (κ2) is 5.73. The molecule has 2 aliphatic heterocycles. The number of hydrogen-bond acceptors (Lipinski definition) is 3. The van der Waals surface area contributed by atoms with Gasteiger partial charge in [-0.2, -0.15) is 5.26 Å². The molecule has 0 atom stereocenters. The summed E-state index contributed by atoms with van der Waals surface area (Å²) >= 11 is 0. The first kappa shape index (κ1) is 15.1. The number of carbonyl (C=O) groups is 1. The third-order valence-electron chi connectivity index (χ3n) is 5.04. The summed E-state index contributed by atoms with van der Waals surface area (Å²) in [5.74, 6) is 0.207. The lowest BCUT2D eigenvalue weighted by Gasteiger charge is -2.48. The summed E-state index contributed by atoms with van der Waals surface area (Å²) in [7, 11) is 0. The third-order valence-corrected chi connectivity index (χ3v) is 5.04. The molecule has 0 aromatic heterocycles. The van der Waals surface area contributed by atoms with E-state index in [0.29, 0.717) is 23.4 Å². The van der Waals surface area contributed by atoms with Crippen molar-refractivity contribution in [2.45, 2.75) is 32.7 Å². The van der Waals surface area contributed by atoms with E-state index < -0.39 is 0 Å². The van der Waals surface area contributed by atoms with Crippen LogP contribution in [0.5, 0.6) is 0 Å². The molecule has 0 saturated carbocycles. The largest absolute Gasteiger partial charge is 0.341 e. The average Bonchev–Trinajstić information content (AvgIpc) is 2.92. The molecule has 116 valence electrons. The van der Waals surface area contributed by atoms with Gasteiger partial charge in [-0.05, 0) is 44.5 Å². The van der Waals surface area contributed by atoms with Crippen molar-refractivity contribution in [3.05, 3.63) is 35.4 Å². The number of nitriles is 1. The molecule has 4 heteroatoms. The van der Waals surface area contributed by atoms with Crippen LogP contribution in [0, 0.1) is 16.7 Å². The van der Waals surface area contributed by atoms with Crippen molar-refractivity contribution < 1.29 is 4.79 Å². The molecule has 1 spiro atoms. The second-order valence-corrected chi connectivity index (χ2v) is 7.05. The standard InChI is InChI=1S/C18H23N3O/c1-14(2)20-8-7-18(11-20)12-21(13-18)17(22)9-15-3-5-16(10-19)6-4-15/h3-6,14H,7-9,11-13H2,1-2H3. The van der Waals surface area contributed by atoms with Crippen molar-refractivity contribution in [3.8, 4) is 6.07 Å². The maximum Gasteiger partial charge on any atom is 0.227 e. The SMILES string of the molecule is CC(C)N1CCC2(CN(C(=O)Cc3ccc(C#N)cc3)C2)C1. The first-order chi connectivity index (χ1) is 10.5. The Bertz CT molecular complexity index is 594. The number of benzene rings is 1. The maximum absolute atomic E-state index is 12.4. The zero-order chi connectivity index (χ0) is 15.7. The Morgan fingerprint density at radius 1 is 1.27 bits per heavy atom. The Kier molecular flexibility index (Phi) is 3.92. The summed E-state index contributed by atoms with van der Waals surface area (Å²) in [6.45, 7) is 8.59. The lowest BCUT2D eigenvalue weighted by atomic mass is 9.78. The molecule has 0 aliphatic carbocycles. The zero-order valence-corrected chi connectivity index (χ0v) is 13.4. The summed E-state index contributed by atoms with van der Waals surface area (Å²) in [6.07, 6.45) is 1.65. The Morgan fingerprint density at radius 3 is 2.50 bits per heavy atom. The number of rotatable bonds is 3. The molecule has 1 aromatic carbocycles. The molecule has 2 aliphatic rings. The lowest BCUT2D eigenvalue weighted by Crippen LogP contribution is -2.60. The van der Waals surface area contributed by atoms with Crippen LogP contribution in [0.2, 0.25) is 0 Å². The van der Waals surface area contributed by atoms with Gasteiger partial charge in [-0.3, -0.25) is 4.79 Å². The van der Waals surface area contributed by atoms with Crippen molar-refractivity contribution in [1.29, 1.82) is 5.26 Å². The maximum atomic E-state index is 12.4. The number of carbonyl (C=O) groups excluding carboxylic acids is 1. The van der Waals surface area contributed by atoms with Gasteiger partial charge in [0, 0.05) is 31.1 Å². The van der Waals surface area contributed by atoms with Crippen LogP contribution in [-0.4, -0.2) is 47.9 Å². The molecule has 4 nitrogen and oxygen atoms in total. The highest BCUT2D eigenvalue weighted by molar-refractivity contribution is 5.79. The molecule has 0 N–H and O–H groups in total. The summed E-state index contributed by atoms with van der Waals surface area (Å²) in [6, 6.07) is 10.0. The smallest absolute Gasteiger partial charge is 0.227 e. The second-order valence-electron chi connectivity index (χ2n) is 7.05. The van der Waals surface area contributed by atoms with Gasteiger partial charge < -0.3 is 9.80 Å². The molecular formula is C18H23N3O. The van der Waals surface area contributed by atoms with E-state index in [0.717, 1.165) is 31.7 Å². The number of hydrogen-bond donors (Lipinski definition) is 0. The van der Waals surface area contributed by atoms with Crippen LogP contribution in [0.4, 0.5) is 0 Å². The molecule has 2 fully saturated rings. The van der Waals surface area contributed by atoms with E-state index in [1.807, 2.05) is 17.0 Å². The van der Waals surface area contributed by atoms with E-state index in [9.17, 15) is 4.79 Å². The van der Waals surface area contributed by atoms with E-state index in [2.05, 4.69) is 24.8 Å². The number of likely N-dealkylation sites (tertiary alicyclic amines) is 2. The van der Waals surface area contributed by atoms with Gasteiger partial charge >= 0.3 is 0 Å². The summed E-state index contributed by atoms with van der Waals surface area (Å²) in [4.78, 5) is 16.9. The predicted molar refractivity (Wildman–Crippen MR) is 85.2 cm³/mol. The first-order valence-corrected chi connectivity index (χ1v) is 8.02. The molecule has 2 heterocycles. The molecule has 0 radical (unpaired) electrons. The molecule has 22 heavy (non-hydrogen) atoms. The molecule has 1 amide bonds. The van der Waals surface area contributed by atoms with E-state index in [1.54, 1.807) is 12.1 Å². The van der Waals surface area contributed by atoms with Crippen molar-refractivity contribution >= 4 is 5.91 Å². The van der Waals surface area contributed by atoms with Crippen molar-refractivity contribution in [1.82, 2.24) is 9.80 Å². The number of nitrogens with zero attached hydrogens (tertiary/aromatic N) is 3. The third kappa shape index (κ3) is 2.86. The van der Waals surface area contributed by atoms with Crippen LogP contribution < -0.4 is 0 Å². The summed E-state index contributed by atoms with van der Waals surface area (Å²) in [5.41, 5.74) is 1.98. The van der Waals surface area contributed by atoms with Crippen molar-refractivity contribution in [2.24, 2.45) is 5.41 Å². The number of amides is 1. The van der Waals surface area contributed by atoms with Gasteiger partial charge in [-0.15, -0.1) is 0 Å². The highest BCUT2D eigenvalue weighted by Gasteiger charge is 2.49. The Labute approximate surface area is 132 Å². The summed E-state index contributed by atoms with van der Waals surface area (Å²) < 4.78 is 0.